The highest BCUT2D eigenvalue weighted by molar-refractivity contribution is 6.08. The molecule has 0 saturated heterocycles. The van der Waals surface area contributed by atoms with Gasteiger partial charge in [-0.2, -0.15) is 0 Å². The molecule has 31 heavy (non-hydrogen) atoms. The number of nitrogens with one attached hydrogen (secondary N) is 2. The second-order valence-corrected chi connectivity index (χ2v) is 7.61. The Labute approximate surface area is 183 Å². The highest BCUT2D eigenvalue weighted by atomic mass is 16.5. The van der Waals surface area contributed by atoms with Crippen LogP contribution in [0.1, 0.15) is 12.0 Å². The minimum Gasteiger partial charge on any atom is -0.493 e. The topological polar surface area (TPSA) is 55.5 Å². The van der Waals surface area contributed by atoms with E-state index in [2.05, 4.69) is 52.8 Å². The zero-order chi connectivity index (χ0) is 21.5. The van der Waals surface area contributed by atoms with E-state index in [0.717, 1.165) is 37.4 Å². The Hall–Kier alpha value is -3.02. The minimum absolute atomic E-state index is 0.145. The second-order valence-electron chi connectivity index (χ2n) is 7.61. The summed E-state index contributed by atoms with van der Waals surface area (Å²) in [7, 11) is 3.43. The van der Waals surface area contributed by atoms with Crippen molar-refractivity contribution < 1.29 is 14.2 Å². The van der Waals surface area contributed by atoms with Gasteiger partial charge >= 0.3 is 0 Å². The highest BCUT2D eigenvalue weighted by Gasteiger charge is 2.12. The van der Waals surface area contributed by atoms with E-state index in [4.69, 9.17) is 14.2 Å². The smallest absolute Gasteiger partial charge is 0.161 e. The number of aromatic nitrogens is 1. The van der Waals surface area contributed by atoms with Crippen LogP contribution < -0.4 is 14.8 Å². The number of hydrogen-bond acceptors (Lipinski definition) is 4. The normalized spacial score (nSPS) is 12.3. The van der Waals surface area contributed by atoms with Gasteiger partial charge in [-0.3, -0.25) is 0 Å². The quantitative estimate of drug-likeness (QED) is 0.339. The van der Waals surface area contributed by atoms with Crippen molar-refractivity contribution in [1.82, 2.24) is 10.3 Å². The number of rotatable bonds is 11. The summed E-state index contributed by atoms with van der Waals surface area (Å²) in [6.45, 7) is 2.11. The van der Waals surface area contributed by atoms with Gasteiger partial charge in [0, 0.05) is 42.0 Å². The third-order valence-corrected chi connectivity index (χ3v) is 5.66. The molecule has 1 unspecified atom stereocenters. The van der Waals surface area contributed by atoms with E-state index in [1.165, 1.54) is 27.4 Å². The van der Waals surface area contributed by atoms with Crippen molar-refractivity contribution in [3.05, 3.63) is 72.3 Å². The molecule has 0 aliphatic heterocycles. The molecule has 2 N–H and O–H groups in total. The van der Waals surface area contributed by atoms with Gasteiger partial charge in [0.15, 0.2) is 11.5 Å². The molecule has 0 bridgehead atoms. The van der Waals surface area contributed by atoms with Gasteiger partial charge < -0.3 is 24.5 Å². The first-order chi connectivity index (χ1) is 15.3. The van der Waals surface area contributed by atoms with Crippen LogP contribution in [-0.4, -0.2) is 45.0 Å². The van der Waals surface area contributed by atoms with Crippen molar-refractivity contribution in [1.29, 1.82) is 0 Å². The number of hydrogen-bond donors (Lipinski definition) is 2. The Morgan fingerprint density at radius 1 is 0.871 bits per heavy atom. The number of fused-ring (bicyclic) bond motifs is 3. The molecule has 0 aliphatic carbocycles. The first-order valence-corrected chi connectivity index (χ1v) is 10.8. The predicted octanol–water partition coefficient (Wildman–Crippen LogP) is 4.95. The van der Waals surface area contributed by atoms with E-state index in [0.29, 0.717) is 6.61 Å². The van der Waals surface area contributed by atoms with Crippen molar-refractivity contribution in [2.45, 2.75) is 18.9 Å². The molecule has 162 valence electrons. The van der Waals surface area contributed by atoms with E-state index in [1.807, 2.05) is 24.3 Å². The van der Waals surface area contributed by atoms with Gasteiger partial charge in [0.2, 0.25) is 0 Å². The van der Waals surface area contributed by atoms with Crippen molar-refractivity contribution in [2.75, 3.05) is 33.9 Å². The Morgan fingerprint density at radius 2 is 1.65 bits per heavy atom. The van der Waals surface area contributed by atoms with Crippen molar-refractivity contribution in [3.8, 4) is 11.5 Å². The Kier molecular flexibility index (Phi) is 7.07. The van der Waals surface area contributed by atoms with Crippen LogP contribution in [-0.2, 0) is 11.2 Å². The molecule has 1 heterocycles. The maximum Gasteiger partial charge on any atom is 0.161 e. The molecule has 5 heteroatoms. The van der Waals surface area contributed by atoms with Crippen LogP contribution in [0.25, 0.3) is 21.8 Å². The van der Waals surface area contributed by atoms with E-state index < -0.39 is 0 Å². The number of ether oxygens (including phenoxy) is 3. The second kappa shape index (κ2) is 10.3. The molecular formula is C26H30N2O3. The van der Waals surface area contributed by atoms with Gasteiger partial charge in [-0.1, -0.05) is 42.5 Å². The standard InChI is InChI=1S/C26H30N2O3/c1-29-20(18-27-16-17-31-25-13-6-5-12-24(25)30-2)15-14-19-8-7-11-23-26(19)21-9-3-4-10-22(21)28-23/h3-13,20,27-28H,14-18H2,1-2H3. The lowest BCUT2D eigenvalue weighted by molar-refractivity contribution is 0.0939. The number of para-hydroxylation sites is 3. The summed E-state index contributed by atoms with van der Waals surface area (Å²) in [5.74, 6) is 1.52. The van der Waals surface area contributed by atoms with E-state index in [-0.39, 0.29) is 6.10 Å². The molecule has 4 rings (SSSR count). The van der Waals surface area contributed by atoms with Crippen LogP contribution in [0.2, 0.25) is 0 Å². The summed E-state index contributed by atoms with van der Waals surface area (Å²) < 4.78 is 16.9. The fourth-order valence-electron chi connectivity index (χ4n) is 4.04. The average molecular weight is 419 g/mol. The summed E-state index contributed by atoms with van der Waals surface area (Å²) >= 11 is 0. The van der Waals surface area contributed by atoms with Crippen LogP contribution >= 0.6 is 0 Å². The summed E-state index contributed by atoms with van der Waals surface area (Å²) in [5.41, 5.74) is 3.74. The molecule has 3 aromatic carbocycles. The van der Waals surface area contributed by atoms with Gasteiger partial charge in [-0.05, 0) is 42.7 Å². The summed E-state index contributed by atoms with van der Waals surface area (Å²) in [5, 5.41) is 6.06. The predicted molar refractivity (Wildman–Crippen MR) is 126 cm³/mol. The summed E-state index contributed by atoms with van der Waals surface area (Å²) in [6.07, 6.45) is 2.07. The van der Waals surface area contributed by atoms with Gasteiger partial charge in [0.05, 0.1) is 13.2 Å². The van der Waals surface area contributed by atoms with E-state index in [9.17, 15) is 0 Å². The Morgan fingerprint density at radius 3 is 2.48 bits per heavy atom. The fourth-order valence-corrected chi connectivity index (χ4v) is 4.04. The fraction of sp³-hybridized carbons (Fsp3) is 0.308. The highest BCUT2D eigenvalue weighted by Crippen LogP contribution is 2.29. The van der Waals surface area contributed by atoms with E-state index in [1.54, 1.807) is 14.2 Å². The van der Waals surface area contributed by atoms with Crippen molar-refractivity contribution in [3.63, 3.8) is 0 Å². The molecule has 0 amide bonds. The molecule has 1 aromatic heterocycles. The molecule has 0 saturated carbocycles. The molecular weight excluding hydrogens is 388 g/mol. The van der Waals surface area contributed by atoms with Crippen LogP contribution in [0.3, 0.4) is 0 Å². The number of methoxy groups -OCH3 is 2. The van der Waals surface area contributed by atoms with Crippen LogP contribution in [0.4, 0.5) is 0 Å². The van der Waals surface area contributed by atoms with E-state index >= 15 is 0 Å². The van der Waals surface area contributed by atoms with Gasteiger partial charge in [-0.25, -0.2) is 0 Å². The van der Waals surface area contributed by atoms with Gasteiger partial charge in [-0.15, -0.1) is 0 Å². The molecule has 1 atom stereocenters. The molecule has 0 aliphatic rings. The maximum atomic E-state index is 5.82. The number of benzene rings is 3. The van der Waals surface area contributed by atoms with Crippen LogP contribution in [0, 0.1) is 0 Å². The number of H-pyrrole nitrogens is 1. The van der Waals surface area contributed by atoms with Crippen molar-refractivity contribution >= 4 is 21.8 Å². The zero-order valence-electron chi connectivity index (χ0n) is 18.2. The van der Waals surface area contributed by atoms with Crippen LogP contribution in [0.15, 0.2) is 66.7 Å². The molecule has 5 nitrogen and oxygen atoms in total. The summed E-state index contributed by atoms with van der Waals surface area (Å²) in [4.78, 5) is 3.52. The molecule has 4 aromatic rings. The third-order valence-electron chi connectivity index (χ3n) is 5.66. The van der Waals surface area contributed by atoms with Gasteiger partial charge in [0.1, 0.15) is 6.61 Å². The SMILES string of the molecule is COc1ccccc1OCCNCC(CCc1cccc2[nH]c3ccccc3c12)OC. The van der Waals surface area contributed by atoms with Crippen molar-refractivity contribution in [2.24, 2.45) is 0 Å². The first kappa shape index (κ1) is 21.2. The molecule has 0 spiro atoms. The lowest BCUT2D eigenvalue weighted by Gasteiger charge is -2.17. The molecule has 0 radical (unpaired) electrons. The minimum atomic E-state index is 0.145. The lowest BCUT2D eigenvalue weighted by Crippen LogP contribution is -2.31. The average Bonchev–Trinajstić information content (AvgIpc) is 3.20. The Balaban J connectivity index is 1.29. The lowest BCUT2D eigenvalue weighted by atomic mass is 10.0. The Bertz CT molecular complexity index is 1120. The zero-order valence-corrected chi connectivity index (χ0v) is 18.2. The van der Waals surface area contributed by atoms with Gasteiger partial charge in [0.25, 0.3) is 0 Å². The van der Waals surface area contributed by atoms with Crippen LogP contribution in [0.5, 0.6) is 11.5 Å². The maximum absolute atomic E-state index is 5.82. The summed E-state index contributed by atoms with van der Waals surface area (Å²) in [6, 6.07) is 22.7. The molecule has 0 fully saturated rings. The number of aromatic amines is 1. The first-order valence-electron chi connectivity index (χ1n) is 10.8. The third kappa shape index (κ3) is 5.01. The largest absolute Gasteiger partial charge is 0.493 e. The monoisotopic (exact) mass is 418 g/mol. The number of aryl methyl sites for hydroxylation is 1.